The molecule has 13 heavy (non-hydrogen) atoms. The topological polar surface area (TPSA) is 26.0 Å². The summed E-state index contributed by atoms with van der Waals surface area (Å²) in [4.78, 5) is 0. The van der Waals surface area contributed by atoms with Gasteiger partial charge in [0, 0.05) is 0 Å². The van der Waals surface area contributed by atoms with Crippen LogP contribution in [0.25, 0.3) is 0 Å². The first kappa shape index (κ1) is 23.9. The molecule has 0 aliphatic heterocycles. The van der Waals surface area contributed by atoms with Crippen molar-refractivity contribution in [1.82, 2.24) is 0 Å². The molecule has 2 N–H and O–H groups in total. The molecule has 0 unspecified atom stereocenters. The summed E-state index contributed by atoms with van der Waals surface area (Å²) in [6, 6.07) is 0. The van der Waals surface area contributed by atoms with Crippen molar-refractivity contribution in [3.63, 3.8) is 0 Å². The predicted octanol–water partition coefficient (Wildman–Crippen LogP) is -0.863. The Morgan fingerprint density at radius 3 is 1.92 bits per heavy atom. The Bertz CT molecular complexity index is 86.6. The molecule has 1 saturated carbocycles. The van der Waals surface area contributed by atoms with Crippen LogP contribution in [0, 0.1) is 5.92 Å². The Morgan fingerprint density at radius 1 is 1.08 bits per heavy atom. The molecule has 0 aromatic heterocycles. The van der Waals surface area contributed by atoms with Crippen LogP contribution >= 0.6 is 0 Å². The zero-order valence-electron chi connectivity index (χ0n) is 9.20. The molecule has 6 heteroatoms. The second-order valence-electron chi connectivity index (χ2n) is 2.98. The minimum absolute atomic E-state index is 0. The van der Waals surface area contributed by atoms with Crippen LogP contribution in [0.5, 0.6) is 0 Å². The average Bonchev–Trinajstić information content (AvgIpc) is 1.91. The van der Waals surface area contributed by atoms with Crippen LogP contribution < -0.4 is 57.0 Å². The van der Waals surface area contributed by atoms with E-state index in [0.29, 0.717) is 0 Å². The largest absolute Gasteiger partial charge is 1.00 e. The SMILES string of the molecule is F.F.F.N[B]CC1CCCCC1.[H-].[K+]. The minimum Gasteiger partial charge on any atom is -1.00 e. The molecule has 0 saturated heterocycles. The summed E-state index contributed by atoms with van der Waals surface area (Å²) in [5.41, 5.74) is 5.33. The molecule has 0 bridgehead atoms. The van der Waals surface area contributed by atoms with Gasteiger partial charge < -0.3 is 7.07 Å². The molecule has 77 valence electrons. The molecular formula is C7H19BF3KN. The van der Waals surface area contributed by atoms with Gasteiger partial charge in [0.15, 0.2) is 0 Å². The first-order chi connectivity index (χ1) is 4.43. The van der Waals surface area contributed by atoms with E-state index < -0.39 is 0 Å². The molecule has 0 aromatic carbocycles. The Morgan fingerprint density at radius 2 is 1.54 bits per heavy atom. The molecule has 1 radical (unpaired) electrons. The molecule has 1 fully saturated rings. The smallest absolute Gasteiger partial charge is 1.00 e. The third kappa shape index (κ3) is 11.4. The molecule has 0 heterocycles. The first-order valence-electron chi connectivity index (χ1n) is 3.97. The van der Waals surface area contributed by atoms with Crippen molar-refractivity contribution in [3.8, 4) is 0 Å². The van der Waals surface area contributed by atoms with Crippen molar-refractivity contribution in [1.29, 1.82) is 0 Å². The number of hydrogen-bond donors (Lipinski definition) is 1. The maximum atomic E-state index is 5.33. The first-order valence-corrected chi connectivity index (χ1v) is 3.97. The zero-order valence-corrected chi connectivity index (χ0v) is 11.3. The van der Waals surface area contributed by atoms with Gasteiger partial charge in [-0.3, -0.25) is 14.1 Å². The van der Waals surface area contributed by atoms with Gasteiger partial charge in [-0.2, -0.15) is 0 Å². The summed E-state index contributed by atoms with van der Waals surface area (Å²) in [5, 5.41) is 0. The van der Waals surface area contributed by atoms with Gasteiger partial charge in [0.25, 0.3) is 0 Å². The van der Waals surface area contributed by atoms with E-state index in [2.05, 4.69) is 0 Å². The van der Waals surface area contributed by atoms with E-state index in [1.165, 1.54) is 32.1 Å². The Balaban J connectivity index is -0.0000000540. The van der Waals surface area contributed by atoms with Crippen molar-refractivity contribution in [2.75, 3.05) is 0 Å². The van der Waals surface area contributed by atoms with E-state index in [0.717, 1.165) is 12.2 Å². The van der Waals surface area contributed by atoms with Gasteiger partial charge in [-0.1, -0.05) is 38.4 Å². The molecule has 1 nitrogen and oxygen atoms in total. The molecule has 1 aliphatic rings. The average molecular weight is 224 g/mol. The number of hydrogen-bond acceptors (Lipinski definition) is 1. The summed E-state index contributed by atoms with van der Waals surface area (Å²) in [6.07, 6.45) is 8.26. The minimum atomic E-state index is 0. The molecule has 0 aromatic rings. The zero-order chi connectivity index (χ0) is 6.53. The van der Waals surface area contributed by atoms with Crippen molar-refractivity contribution in [2.45, 2.75) is 38.4 Å². The van der Waals surface area contributed by atoms with Crippen molar-refractivity contribution >= 4 is 7.41 Å². The molecule has 1 rings (SSSR count). The van der Waals surface area contributed by atoms with Crippen LogP contribution in [0.15, 0.2) is 0 Å². The predicted molar refractivity (Wildman–Crippen MR) is 49.9 cm³/mol. The van der Waals surface area contributed by atoms with Gasteiger partial charge in [0.05, 0.1) is 0 Å². The summed E-state index contributed by atoms with van der Waals surface area (Å²) in [5.74, 6) is 0.920. The van der Waals surface area contributed by atoms with Gasteiger partial charge in [-0.25, -0.2) is 0 Å². The van der Waals surface area contributed by atoms with E-state index in [4.69, 9.17) is 5.64 Å². The van der Waals surface area contributed by atoms with E-state index in [-0.39, 0.29) is 66.9 Å². The number of rotatable bonds is 2. The fourth-order valence-electron chi connectivity index (χ4n) is 1.62. The third-order valence-corrected chi connectivity index (χ3v) is 2.19. The third-order valence-electron chi connectivity index (χ3n) is 2.19. The van der Waals surface area contributed by atoms with E-state index >= 15 is 0 Å². The van der Waals surface area contributed by atoms with Crippen LogP contribution in [0.4, 0.5) is 14.1 Å². The van der Waals surface area contributed by atoms with Crippen LogP contribution in [0.1, 0.15) is 33.5 Å². The molecule has 0 spiro atoms. The Kier molecular flexibility index (Phi) is 29.3. The second-order valence-corrected chi connectivity index (χ2v) is 2.98. The van der Waals surface area contributed by atoms with Crippen LogP contribution in [-0.4, -0.2) is 7.41 Å². The molecule has 0 atom stereocenters. The van der Waals surface area contributed by atoms with Gasteiger partial charge >= 0.3 is 51.4 Å². The van der Waals surface area contributed by atoms with E-state index in [9.17, 15) is 0 Å². The van der Waals surface area contributed by atoms with Crippen LogP contribution in [0.3, 0.4) is 0 Å². The quantitative estimate of drug-likeness (QED) is 0.607. The fourth-order valence-corrected chi connectivity index (χ4v) is 1.62. The van der Waals surface area contributed by atoms with Gasteiger partial charge in [0.2, 0.25) is 7.41 Å². The summed E-state index contributed by atoms with van der Waals surface area (Å²) in [6.45, 7) is 0. The van der Waals surface area contributed by atoms with Crippen LogP contribution in [-0.2, 0) is 0 Å². The normalized spacial score (nSPS) is 15.2. The van der Waals surface area contributed by atoms with Crippen molar-refractivity contribution in [3.05, 3.63) is 0 Å². The Hall–Kier alpha value is 1.45. The van der Waals surface area contributed by atoms with Gasteiger partial charge in [-0.05, 0) is 5.92 Å². The van der Waals surface area contributed by atoms with Crippen LogP contribution in [0.2, 0.25) is 6.32 Å². The maximum Gasteiger partial charge on any atom is 1.00 e. The fraction of sp³-hybridized carbons (Fsp3) is 1.00. The van der Waals surface area contributed by atoms with E-state index in [1.807, 2.05) is 7.41 Å². The standard InChI is InChI=1S/C7H15BN.3FH.K.H/c9-8-6-7-4-2-1-3-5-7;;;;;/h7H,1-6,9H2;3*1H;;/q;;;;+1;-1. The van der Waals surface area contributed by atoms with Gasteiger partial charge in [0.1, 0.15) is 0 Å². The summed E-state index contributed by atoms with van der Waals surface area (Å²) < 4.78 is 0. The van der Waals surface area contributed by atoms with E-state index in [1.54, 1.807) is 0 Å². The van der Waals surface area contributed by atoms with Crippen molar-refractivity contribution in [2.24, 2.45) is 11.6 Å². The monoisotopic (exact) mass is 224 g/mol. The Labute approximate surface area is 123 Å². The second kappa shape index (κ2) is 15.9. The molecular weight excluding hydrogens is 205 g/mol. The van der Waals surface area contributed by atoms with Gasteiger partial charge in [-0.15, -0.1) is 0 Å². The number of nitrogens with two attached hydrogens (primary N) is 1. The molecule has 0 amide bonds. The summed E-state index contributed by atoms with van der Waals surface area (Å²) >= 11 is 0. The molecule has 1 aliphatic carbocycles. The number of halogens is 3. The maximum absolute atomic E-state index is 5.33. The summed E-state index contributed by atoms with van der Waals surface area (Å²) in [7, 11) is 1.82. The van der Waals surface area contributed by atoms with Crippen molar-refractivity contribution < 1.29 is 66.9 Å².